The second-order valence-corrected chi connectivity index (χ2v) is 5.40. The van der Waals surface area contributed by atoms with Crippen LogP contribution in [0, 0.1) is 25.5 Å². The Balaban J connectivity index is 2.22. The Kier molecular flexibility index (Phi) is 5.07. The van der Waals surface area contributed by atoms with Crippen LogP contribution in [0.1, 0.15) is 34.7 Å². The predicted octanol–water partition coefficient (Wildman–Crippen LogP) is 4.47. The van der Waals surface area contributed by atoms with Crippen LogP contribution in [-0.4, -0.2) is 7.05 Å². The van der Waals surface area contributed by atoms with Crippen molar-refractivity contribution in [3.05, 3.63) is 70.3 Å². The third kappa shape index (κ3) is 3.48. The zero-order chi connectivity index (χ0) is 15.4. The fourth-order valence-corrected chi connectivity index (χ4v) is 2.62. The summed E-state index contributed by atoms with van der Waals surface area (Å²) >= 11 is 0. The van der Waals surface area contributed by atoms with Gasteiger partial charge in [-0.25, -0.2) is 8.78 Å². The lowest BCUT2D eigenvalue weighted by atomic mass is 9.95. The smallest absolute Gasteiger partial charge is 0.133 e. The van der Waals surface area contributed by atoms with E-state index in [4.69, 9.17) is 0 Å². The van der Waals surface area contributed by atoms with E-state index < -0.39 is 11.6 Å². The first-order valence-electron chi connectivity index (χ1n) is 7.21. The Morgan fingerprint density at radius 1 is 1.00 bits per heavy atom. The molecule has 0 aliphatic rings. The number of hydrogen-bond acceptors (Lipinski definition) is 1. The number of nitrogens with one attached hydrogen (secondary N) is 1. The van der Waals surface area contributed by atoms with Gasteiger partial charge < -0.3 is 5.32 Å². The van der Waals surface area contributed by atoms with E-state index in [0.29, 0.717) is 12.0 Å². The molecule has 1 N–H and O–H groups in total. The minimum atomic E-state index is -0.484. The zero-order valence-electron chi connectivity index (χ0n) is 12.7. The summed E-state index contributed by atoms with van der Waals surface area (Å²) in [5, 5.41) is 3.04. The van der Waals surface area contributed by atoms with Crippen molar-refractivity contribution in [1.29, 1.82) is 0 Å². The van der Waals surface area contributed by atoms with Gasteiger partial charge in [0, 0.05) is 11.6 Å². The molecular formula is C18H21F2N. The molecule has 0 fully saturated rings. The van der Waals surface area contributed by atoms with Crippen LogP contribution >= 0.6 is 0 Å². The van der Waals surface area contributed by atoms with Crippen molar-refractivity contribution in [2.24, 2.45) is 0 Å². The molecule has 0 aromatic heterocycles. The molecule has 2 rings (SSSR count). The Morgan fingerprint density at radius 2 is 1.71 bits per heavy atom. The summed E-state index contributed by atoms with van der Waals surface area (Å²) in [6.07, 6.45) is 1.43. The summed E-state index contributed by atoms with van der Waals surface area (Å²) in [6.45, 7) is 3.71. The molecule has 3 heteroatoms. The van der Waals surface area contributed by atoms with Crippen LogP contribution in [-0.2, 0) is 6.42 Å². The molecule has 21 heavy (non-hydrogen) atoms. The van der Waals surface area contributed by atoms with Gasteiger partial charge in [0.05, 0.1) is 0 Å². The van der Waals surface area contributed by atoms with Gasteiger partial charge in [-0.1, -0.05) is 30.3 Å². The molecule has 0 saturated heterocycles. The summed E-state index contributed by atoms with van der Waals surface area (Å²) in [6, 6.07) is 10.6. The molecule has 0 saturated carbocycles. The molecule has 0 heterocycles. The quantitative estimate of drug-likeness (QED) is 0.856. The van der Waals surface area contributed by atoms with Gasteiger partial charge in [-0.15, -0.1) is 0 Å². The Labute approximate surface area is 125 Å². The first-order chi connectivity index (χ1) is 10.0. The van der Waals surface area contributed by atoms with Crippen LogP contribution in [0.25, 0.3) is 0 Å². The lowest BCUT2D eigenvalue weighted by Gasteiger charge is -2.19. The van der Waals surface area contributed by atoms with Crippen molar-refractivity contribution in [2.45, 2.75) is 32.7 Å². The third-order valence-electron chi connectivity index (χ3n) is 3.98. The topological polar surface area (TPSA) is 12.0 Å². The Hall–Kier alpha value is -1.74. The average molecular weight is 289 g/mol. The Bertz CT molecular complexity index is 623. The number of aryl methyl sites for hydroxylation is 3. The summed E-state index contributed by atoms with van der Waals surface area (Å²) < 4.78 is 28.2. The van der Waals surface area contributed by atoms with Crippen molar-refractivity contribution in [2.75, 3.05) is 7.05 Å². The minimum Gasteiger partial charge on any atom is -0.313 e. The van der Waals surface area contributed by atoms with E-state index in [-0.39, 0.29) is 11.6 Å². The summed E-state index contributed by atoms with van der Waals surface area (Å²) in [5.41, 5.74) is 3.04. The fourth-order valence-electron chi connectivity index (χ4n) is 2.62. The SMILES string of the molecule is CNC(CCc1ccccc1C)c1c(F)ccc(C)c1F. The van der Waals surface area contributed by atoms with Gasteiger partial charge in [0.15, 0.2) is 0 Å². The van der Waals surface area contributed by atoms with Gasteiger partial charge in [0.25, 0.3) is 0 Å². The molecule has 2 aromatic rings. The van der Waals surface area contributed by atoms with Gasteiger partial charge in [-0.3, -0.25) is 0 Å². The molecular weight excluding hydrogens is 268 g/mol. The van der Waals surface area contributed by atoms with Gasteiger partial charge in [-0.2, -0.15) is 0 Å². The zero-order valence-corrected chi connectivity index (χ0v) is 12.7. The maximum atomic E-state index is 14.2. The number of hydrogen-bond donors (Lipinski definition) is 1. The molecule has 0 spiro atoms. The van der Waals surface area contributed by atoms with Gasteiger partial charge >= 0.3 is 0 Å². The summed E-state index contributed by atoms with van der Waals surface area (Å²) in [5.74, 6) is -0.929. The highest BCUT2D eigenvalue weighted by molar-refractivity contribution is 5.30. The molecule has 0 amide bonds. The van der Waals surface area contributed by atoms with Crippen LogP contribution in [0.5, 0.6) is 0 Å². The first kappa shape index (κ1) is 15.6. The van der Waals surface area contributed by atoms with E-state index in [0.717, 1.165) is 6.42 Å². The van der Waals surface area contributed by atoms with E-state index >= 15 is 0 Å². The van der Waals surface area contributed by atoms with Crippen LogP contribution in [0.3, 0.4) is 0 Å². The summed E-state index contributed by atoms with van der Waals surface area (Å²) in [7, 11) is 1.74. The van der Waals surface area contributed by atoms with Gasteiger partial charge in [0.2, 0.25) is 0 Å². The van der Waals surface area contributed by atoms with Crippen LogP contribution in [0.15, 0.2) is 36.4 Å². The summed E-state index contributed by atoms with van der Waals surface area (Å²) in [4.78, 5) is 0. The molecule has 0 bridgehead atoms. The molecule has 112 valence electrons. The van der Waals surface area contributed by atoms with E-state index in [9.17, 15) is 8.78 Å². The standard InChI is InChI=1S/C18H21F2N/c1-12-6-4-5-7-14(12)9-11-16(21-3)17-15(19)10-8-13(2)18(17)20/h4-8,10,16,21H,9,11H2,1-3H3. The largest absolute Gasteiger partial charge is 0.313 e. The third-order valence-corrected chi connectivity index (χ3v) is 3.98. The van der Waals surface area contributed by atoms with Crippen molar-refractivity contribution < 1.29 is 8.78 Å². The molecule has 0 aliphatic carbocycles. The van der Waals surface area contributed by atoms with E-state index in [1.165, 1.54) is 23.3 Å². The average Bonchev–Trinajstić information content (AvgIpc) is 2.48. The highest BCUT2D eigenvalue weighted by Crippen LogP contribution is 2.27. The molecule has 0 aliphatic heterocycles. The molecule has 1 unspecified atom stereocenters. The number of halogens is 2. The van der Waals surface area contributed by atoms with Gasteiger partial charge in [0.1, 0.15) is 11.6 Å². The monoisotopic (exact) mass is 289 g/mol. The van der Waals surface area contributed by atoms with E-state index in [1.54, 1.807) is 14.0 Å². The second kappa shape index (κ2) is 6.81. The Morgan fingerprint density at radius 3 is 2.38 bits per heavy atom. The lowest BCUT2D eigenvalue weighted by molar-refractivity contribution is 0.468. The molecule has 2 aromatic carbocycles. The van der Waals surface area contributed by atoms with Crippen LogP contribution < -0.4 is 5.32 Å². The maximum absolute atomic E-state index is 14.2. The first-order valence-corrected chi connectivity index (χ1v) is 7.21. The maximum Gasteiger partial charge on any atom is 0.133 e. The van der Waals surface area contributed by atoms with Gasteiger partial charge in [-0.05, 0) is 56.5 Å². The highest BCUT2D eigenvalue weighted by atomic mass is 19.1. The molecule has 1 nitrogen and oxygen atoms in total. The number of rotatable bonds is 5. The highest BCUT2D eigenvalue weighted by Gasteiger charge is 2.20. The van der Waals surface area contributed by atoms with Crippen molar-refractivity contribution in [1.82, 2.24) is 5.32 Å². The van der Waals surface area contributed by atoms with E-state index in [1.807, 2.05) is 12.1 Å². The normalized spacial score (nSPS) is 12.4. The number of benzene rings is 2. The van der Waals surface area contributed by atoms with E-state index in [2.05, 4.69) is 24.4 Å². The van der Waals surface area contributed by atoms with Crippen LogP contribution in [0.2, 0.25) is 0 Å². The van der Waals surface area contributed by atoms with Crippen LogP contribution in [0.4, 0.5) is 8.78 Å². The predicted molar refractivity (Wildman–Crippen MR) is 82.4 cm³/mol. The van der Waals surface area contributed by atoms with Crippen molar-refractivity contribution in [3.8, 4) is 0 Å². The minimum absolute atomic E-state index is 0.145. The van der Waals surface area contributed by atoms with Crippen molar-refractivity contribution in [3.63, 3.8) is 0 Å². The lowest BCUT2D eigenvalue weighted by Crippen LogP contribution is -2.20. The molecule has 1 atom stereocenters. The fraction of sp³-hybridized carbons (Fsp3) is 0.333. The van der Waals surface area contributed by atoms with Crippen molar-refractivity contribution >= 4 is 0 Å². The second-order valence-electron chi connectivity index (χ2n) is 5.40. The molecule has 0 radical (unpaired) electrons.